The number of nitrogens with one attached hydrogen (secondary N) is 2. The first kappa shape index (κ1) is 19.2. The van der Waals surface area contributed by atoms with Crippen LogP contribution in [0.1, 0.15) is 48.0 Å². The maximum absolute atomic E-state index is 12.7. The summed E-state index contributed by atoms with van der Waals surface area (Å²) in [5.41, 5.74) is 1.77. The third-order valence-electron chi connectivity index (χ3n) is 5.99. The number of amides is 2. The zero-order chi connectivity index (χ0) is 19.4. The highest BCUT2D eigenvalue weighted by atomic mass is 32.1. The highest BCUT2D eigenvalue weighted by Gasteiger charge is 2.40. The van der Waals surface area contributed by atoms with Crippen LogP contribution in [0.15, 0.2) is 47.2 Å². The van der Waals surface area contributed by atoms with Crippen LogP contribution in [-0.4, -0.2) is 42.4 Å². The molecule has 2 amide bonds. The third-order valence-corrected chi connectivity index (χ3v) is 6.67. The van der Waals surface area contributed by atoms with Crippen LogP contribution in [0.4, 0.5) is 0 Å². The third kappa shape index (κ3) is 4.28. The molecular weight excluding hydrogens is 370 g/mol. The molecule has 0 bridgehead atoms. The van der Waals surface area contributed by atoms with Gasteiger partial charge >= 0.3 is 0 Å². The lowest BCUT2D eigenvalue weighted by atomic mass is 9.72. The molecular formula is C22H27N3O2S. The summed E-state index contributed by atoms with van der Waals surface area (Å²) in [6, 6.07) is 12.4. The molecule has 0 radical (unpaired) electrons. The van der Waals surface area contributed by atoms with E-state index in [9.17, 15) is 9.59 Å². The normalized spacial score (nSPS) is 19.6. The number of hydrogen-bond acceptors (Lipinski definition) is 4. The highest BCUT2D eigenvalue weighted by molar-refractivity contribution is 7.08. The Morgan fingerprint density at radius 3 is 2.46 bits per heavy atom. The molecule has 148 valence electrons. The van der Waals surface area contributed by atoms with Gasteiger partial charge in [0.2, 0.25) is 5.91 Å². The molecule has 1 aromatic carbocycles. The summed E-state index contributed by atoms with van der Waals surface area (Å²) >= 11 is 1.53. The summed E-state index contributed by atoms with van der Waals surface area (Å²) in [7, 11) is 0. The zero-order valence-electron chi connectivity index (χ0n) is 16.0. The van der Waals surface area contributed by atoms with Gasteiger partial charge in [-0.2, -0.15) is 11.3 Å². The predicted octanol–water partition coefficient (Wildman–Crippen LogP) is 3.14. The van der Waals surface area contributed by atoms with Gasteiger partial charge < -0.3 is 10.6 Å². The summed E-state index contributed by atoms with van der Waals surface area (Å²) in [5.74, 6) is 0.108. The summed E-state index contributed by atoms with van der Waals surface area (Å²) in [4.78, 5) is 27.1. The van der Waals surface area contributed by atoms with E-state index in [-0.39, 0.29) is 23.4 Å². The van der Waals surface area contributed by atoms with E-state index in [1.807, 2.05) is 35.0 Å². The molecule has 2 N–H and O–H groups in total. The second-order valence-electron chi connectivity index (χ2n) is 7.89. The molecule has 1 aliphatic heterocycles. The lowest BCUT2D eigenvalue weighted by Crippen LogP contribution is -2.54. The number of rotatable bonds is 6. The van der Waals surface area contributed by atoms with E-state index < -0.39 is 0 Å². The number of thiophene rings is 1. The van der Waals surface area contributed by atoms with Gasteiger partial charge in [0.15, 0.2) is 0 Å². The molecule has 28 heavy (non-hydrogen) atoms. The zero-order valence-corrected chi connectivity index (χ0v) is 16.8. The molecule has 1 saturated carbocycles. The molecule has 1 aliphatic carbocycles. The van der Waals surface area contributed by atoms with E-state index >= 15 is 0 Å². The van der Waals surface area contributed by atoms with Crippen molar-refractivity contribution < 1.29 is 9.59 Å². The van der Waals surface area contributed by atoms with Crippen molar-refractivity contribution in [3.05, 3.63) is 58.3 Å². The maximum atomic E-state index is 12.7. The predicted molar refractivity (Wildman–Crippen MR) is 111 cm³/mol. The fourth-order valence-corrected chi connectivity index (χ4v) is 4.82. The summed E-state index contributed by atoms with van der Waals surface area (Å²) in [6.07, 6.45) is 4.95. The van der Waals surface area contributed by atoms with Crippen molar-refractivity contribution in [1.29, 1.82) is 0 Å². The van der Waals surface area contributed by atoms with Crippen LogP contribution in [0.5, 0.6) is 0 Å². The number of carbonyl (C=O) groups is 2. The first-order chi connectivity index (χ1) is 13.6. The quantitative estimate of drug-likeness (QED) is 0.787. The fourth-order valence-electron chi connectivity index (χ4n) is 4.18. The van der Waals surface area contributed by atoms with Gasteiger partial charge in [-0.3, -0.25) is 14.5 Å². The summed E-state index contributed by atoms with van der Waals surface area (Å²) in [6.45, 7) is 2.10. The summed E-state index contributed by atoms with van der Waals surface area (Å²) < 4.78 is 0. The molecule has 2 aromatic rings. The second kappa shape index (κ2) is 8.45. The Morgan fingerprint density at radius 2 is 1.86 bits per heavy atom. The Hall–Kier alpha value is -2.18. The highest BCUT2D eigenvalue weighted by Crippen LogP contribution is 2.41. The van der Waals surface area contributed by atoms with E-state index in [0.717, 1.165) is 50.8 Å². The van der Waals surface area contributed by atoms with E-state index in [0.29, 0.717) is 6.54 Å². The Balaban J connectivity index is 1.24. The molecule has 4 rings (SSSR count). The van der Waals surface area contributed by atoms with Crippen molar-refractivity contribution in [2.75, 3.05) is 19.6 Å². The van der Waals surface area contributed by atoms with Crippen molar-refractivity contribution >= 4 is 23.2 Å². The SMILES string of the molecule is O=C(CN1CCC(NC(=O)c2ccsc2)CC1)NC1(c2ccccc2)CCC1. The van der Waals surface area contributed by atoms with E-state index in [1.54, 1.807) is 0 Å². The van der Waals surface area contributed by atoms with Crippen LogP contribution in [0.25, 0.3) is 0 Å². The Labute approximate surface area is 170 Å². The number of hydrogen-bond donors (Lipinski definition) is 2. The minimum absolute atomic E-state index is 0.00669. The van der Waals surface area contributed by atoms with Crippen LogP contribution < -0.4 is 10.6 Å². The van der Waals surface area contributed by atoms with Crippen molar-refractivity contribution in [2.45, 2.75) is 43.7 Å². The van der Waals surface area contributed by atoms with Gasteiger partial charge in [-0.1, -0.05) is 30.3 Å². The largest absolute Gasteiger partial charge is 0.349 e. The van der Waals surface area contributed by atoms with Crippen molar-refractivity contribution in [3.63, 3.8) is 0 Å². The molecule has 6 heteroatoms. The maximum Gasteiger partial charge on any atom is 0.252 e. The van der Waals surface area contributed by atoms with Crippen LogP contribution in [-0.2, 0) is 10.3 Å². The van der Waals surface area contributed by atoms with Crippen LogP contribution in [0, 0.1) is 0 Å². The van der Waals surface area contributed by atoms with E-state index in [2.05, 4.69) is 27.7 Å². The van der Waals surface area contributed by atoms with E-state index in [4.69, 9.17) is 0 Å². The lowest BCUT2D eigenvalue weighted by Gasteiger charge is -2.43. The van der Waals surface area contributed by atoms with Gasteiger partial charge in [-0.05, 0) is 49.1 Å². The van der Waals surface area contributed by atoms with Gasteiger partial charge in [-0.25, -0.2) is 0 Å². The van der Waals surface area contributed by atoms with Gasteiger partial charge in [0.1, 0.15) is 0 Å². The molecule has 0 spiro atoms. The minimum Gasteiger partial charge on any atom is -0.349 e. The fraction of sp³-hybridized carbons (Fsp3) is 0.455. The Kier molecular flexibility index (Phi) is 5.78. The van der Waals surface area contributed by atoms with Gasteiger partial charge in [-0.15, -0.1) is 0 Å². The van der Waals surface area contributed by atoms with Gasteiger partial charge in [0.25, 0.3) is 5.91 Å². The number of benzene rings is 1. The molecule has 2 heterocycles. The molecule has 2 aliphatic rings. The minimum atomic E-state index is -0.175. The van der Waals surface area contributed by atoms with Crippen LogP contribution in [0.3, 0.4) is 0 Å². The average molecular weight is 398 g/mol. The number of piperidine rings is 1. The first-order valence-electron chi connectivity index (χ1n) is 10.1. The first-order valence-corrected chi connectivity index (χ1v) is 11.0. The molecule has 1 saturated heterocycles. The van der Waals surface area contributed by atoms with Crippen LogP contribution in [0.2, 0.25) is 0 Å². The smallest absolute Gasteiger partial charge is 0.252 e. The second-order valence-corrected chi connectivity index (χ2v) is 8.67. The molecule has 0 atom stereocenters. The number of likely N-dealkylation sites (tertiary alicyclic amines) is 1. The van der Waals surface area contributed by atoms with Gasteiger partial charge in [0, 0.05) is 30.1 Å². The number of carbonyl (C=O) groups excluding carboxylic acids is 2. The summed E-state index contributed by atoms with van der Waals surface area (Å²) in [5, 5.41) is 10.2. The van der Waals surface area contributed by atoms with Gasteiger partial charge in [0.05, 0.1) is 12.1 Å². The topological polar surface area (TPSA) is 61.4 Å². The van der Waals surface area contributed by atoms with Crippen molar-refractivity contribution in [2.24, 2.45) is 0 Å². The Morgan fingerprint density at radius 1 is 1.11 bits per heavy atom. The van der Waals surface area contributed by atoms with Crippen LogP contribution >= 0.6 is 11.3 Å². The Bertz CT molecular complexity index is 794. The molecule has 2 fully saturated rings. The molecule has 5 nitrogen and oxygen atoms in total. The lowest BCUT2D eigenvalue weighted by molar-refractivity contribution is -0.125. The van der Waals surface area contributed by atoms with Crippen molar-refractivity contribution in [3.8, 4) is 0 Å². The molecule has 0 unspecified atom stereocenters. The van der Waals surface area contributed by atoms with E-state index in [1.165, 1.54) is 16.9 Å². The van der Waals surface area contributed by atoms with Crippen molar-refractivity contribution in [1.82, 2.24) is 15.5 Å². The standard InChI is InChI=1S/C22H27N3O2S/c26-20(24-22(10-4-11-22)18-5-2-1-3-6-18)15-25-12-7-19(8-13-25)23-21(27)17-9-14-28-16-17/h1-3,5-6,9,14,16,19H,4,7-8,10-13,15H2,(H,23,27)(H,24,26). The monoisotopic (exact) mass is 397 g/mol. The molecule has 1 aromatic heterocycles. The number of nitrogens with zero attached hydrogens (tertiary/aromatic N) is 1. The average Bonchev–Trinajstić information content (AvgIpc) is 3.22.